The number of aromatic hydroxyl groups is 1. The van der Waals surface area contributed by atoms with E-state index in [1.54, 1.807) is 0 Å². The highest BCUT2D eigenvalue weighted by Gasteiger charge is 2.12. The van der Waals surface area contributed by atoms with Gasteiger partial charge in [0.1, 0.15) is 0 Å². The minimum Gasteiger partial charge on any atom is -0.493 e. The predicted octanol–water partition coefficient (Wildman–Crippen LogP) is 5.43. The molecule has 0 amide bonds. The van der Waals surface area contributed by atoms with E-state index in [1.165, 1.54) is 0 Å². The van der Waals surface area contributed by atoms with Crippen LogP contribution in [0.4, 0.5) is 11.4 Å². The molecule has 0 unspecified atom stereocenters. The van der Waals surface area contributed by atoms with Crippen molar-refractivity contribution in [3.05, 3.63) is 52.5 Å². The number of hydrogen-bond acceptors (Lipinski definition) is 3. The second kappa shape index (κ2) is 6.47. The maximum Gasteiger partial charge on any atom is 0.218 e. The first kappa shape index (κ1) is 15.6. The van der Waals surface area contributed by atoms with E-state index in [-0.39, 0.29) is 11.0 Å². The molecule has 7 heteroatoms. The smallest absolute Gasteiger partial charge is 0.218 e. The monoisotopic (exact) mass is 388 g/mol. The van der Waals surface area contributed by atoms with Crippen molar-refractivity contribution in [2.75, 3.05) is 5.32 Å². The van der Waals surface area contributed by atoms with Crippen LogP contribution >= 0.6 is 28.1 Å². The largest absolute Gasteiger partial charge is 0.493 e. The maximum absolute atomic E-state index is 10.00. The molecular formula is C16H13BrN4OS. The summed E-state index contributed by atoms with van der Waals surface area (Å²) in [4.78, 5) is 2.87. The van der Waals surface area contributed by atoms with Gasteiger partial charge in [0.15, 0.2) is 5.69 Å². The van der Waals surface area contributed by atoms with Crippen LogP contribution in [0.2, 0.25) is 0 Å². The van der Waals surface area contributed by atoms with Crippen molar-refractivity contribution in [1.29, 1.82) is 0 Å². The van der Waals surface area contributed by atoms with Crippen LogP contribution in [-0.2, 0) is 0 Å². The normalized spacial score (nSPS) is 11.2. The van der Waals surface area contributed by atoms with Gasteiger partial charge in [0.25, 0.3) is 0 Å². The molecule has 23 heavy (non-hydrogen) atoms. The van der Waals surface area contributed by atoms with Crippen LogP contribution in [0.15, 0.2) is 57.2 Å². The molecule has 0 radical (unpaired) electrons. The van der Waals surface area contributed by atoms with Crippen molar-refractivity contribution >= 4 is 55.5 Å². The van der Waals surface area contributed by atoms with E-state index in [1.807, 2.05) is 49.4 Å². The molecule has 1 aromatic heterocycles. The van der Waals surface area contributed by atoms with Gasteiger partial charge in [-0.3, -0.25) is 0 Å². The molecule has 116 valence electrons. The lowest BCUT2D eigenvalue weighted by Gasteiger charge is -2.03. The third-order valence-electron chi connectivity index (χ3n) is 3.28. The van der Waals surface area contributed by atoms with E-state index in [4.69, 9.17) is 12.2 Å². The summed E-state index contributed by atoms with van der Waals surface area (Å²) in [5.74, 6) is -0.0474. The molecule has 0 saturated heterocycles. The zero-order chi connectivity index (χ0) is 16.4. The van der Waals surface area contributed by atoms with E-state index in [9.17, 15) is 5.11 Å². The van der Waals surface area contributed by atoms with Crippen molar-refractivity contribution < 1.29 is 5.11 Å². The third kappa shape index (κ3) is 3.40. The maximum atomic E-state index is 10.00. The Kier molecular flexibility index (Phi) is 4.40. The molecule has 0 saturated carbocycles. The zero-order valence-electron chi connectivity index (χ0n) is 12.2. The Morgan fingerprint density at radius 1 is 1.22 bits per heavy atom. The molecule has 0 aliphatic heterocycles. The van der Waals surface area contributed by atoms with Crippen LogP contribution in [0.3, 0.4) is 0 Å². The lowest BCUT2D eigenvalue weighted by molar-refractivity contribution is 0.459. The number of nitrogens with zero attached hydrogens (tertiary/aromatic N) is 2. The van der Waals surface area contributed by atoms with Gasteiger partial charge in [-0.05, 0) is 53.3 Å². The molecule has 0 bridgehead atoms. The molecule has 3 rings (SSSR count). The first-order valence-corrected chi connectivity index (χ1v) is 8.03. The Bertz CT molecular complexity index is 902. The molecule has 3 aromatic rings. The predicted molar refractivity (Wildman–Crippen MR) is 99.6 cm³/mol. The Morgan fingerprint density at radius 2 is 1.96 bits per heavy atom. The van der Waals surface area contributed by atoms with Crippen LogP contribution in [0.25, 0.3) is 10.9 Å². The lowest BCUT2D eigenvalue weighted by atomic mass is 10.2. The number of fused-ring (bicyclic) bond motifs is 1. The first-order valence-electron chi connectivity index (χ1n) is 6.83. The number of H-pyrrole nitrogens is 1. The summed E-state index contributed by atoms with van der Waals surface area (Å²) in [7, 11) is 0. The van der Waals surface area contributed by atoms with Crippen molar-refractivity contribution in [2.24, 2.45) is 10.2 Å². The molecule has 0 fully saturated rings. The highest BCUT2D eigenvalue weighted by atomic mass is 79.9. The van der Waals surface area contributed by atoms with Gasteiger partial charge >= 0.3 is 0 Å². The number of aromatic nitrogens is 1. The van der Waals surface area contributed by atoms with E-state index in [2.05, 4.69) is 36.5 Å². The fourth-order valence-corrected chi connectivity index (χ4v) is 2.76. The van der Waals surface area contributed by atoms with Gasteiger partial charge in [0, 0.05) is 15.5 Å². The third-order valence-corrected chi connectivity index (χ3v) is 4.12. The van der Waals surface area contributed by atoms with Crippen LogP contribution in [0.5, 0.6) is 5.88 Å². The molecule has 3 N–H and O–H groups in total. The minimum absolute atomic E-state index is 0.0474. The number of hydrogen-bond donors (Lipinski definition) is 3. The summed E-state index contributed by atoms with van der Waals surface area (Å²) in [6.45, 7) is 2.01. The highest BCUT2D eigenvalue weighted by Crippen LogP contribution is 2.38. The van der Waals surface area contributed by atoms with Gasteiger partial charge in [-0.15, -0.1) is 10.2 Å². The quantitative estimate of drug-likeness (QED) is 0.405. The molecule has 5 nitrogen and oxygen atoms in total. The van der Waals surface area contributed by atoms with Crippen molar-refractivity contribution in [1.82, 2.24) is 4.98 Å². The average Bonchev–Trinajstić information content (AvgIpc) is 2.85. The average molecular weight is 389 g/mol. The lowest BCUT2D eigenvalue weighted by Crippen LogP contribution is -2.04. The van der Waals surface area contributed by atoms with Gasteiger partial charge in [-0.1, -0.05) is 29.8 Å². The number of para-hydroxylation sites is 1. The summed E-state index contributed by atoms with van der Waals surface area (Å²) in [6.07, 6.45) is 0. The summed E-state index contributed by atoms with van der Waals surface area (Å²) >= 11 is 8.58. The fraction of sp³-hybridized carbons (Fsp3) is 0.0625. The summed E-state index contributed by atoms with van der Waals surface area (Å²) in [5, 5.41) is 22.0. The molecular weight excluding hydrogens is 376 g/mol. The molecule has 0 aliphatic rings. The van der Waals surface area contributed by atoms with Crippen LogP contribution in [-0.4, -0.2) is 15.2 Å². The highest BCUT2D eigenvalue weighted by molar-refractivity contribution is 9.10. The summed E-state index contributed by atoms with van der Waals surface area (Å²) < 4.78 is 0.840. The van der Waals surface area contributed by atoms with Gasteiger partial charge in [0.05, 0.1) is 5.52 Å². The number of aryl methyl sites for hydroxylation is 1. The molecule has 0 aliphatic carbocycles. The number of benzene rings is 2. The SMILES string of the molecule is Cc1ccc(NC(=S)N=Nc2c(O)[nH]c3c(Br)cccc23)cc1. The second-order valence-electron chi connectivity index (χ2n) is 4.98. The Morgan fingerprint density at radius 3 is 2.70 bits per heavy atom. The van der Waals surface area contributed by atoms with E-state index in [0.29, 0.717) is 5.69 Å². The van der Waals surface area contributed by atoms with E-state index < -0.39 is 0 Å². The fourth-order valence-electron chi connectivity index (χ4n) is 2.14. The number of thiocarbonyl (C=S) groups is 1. The van der Waals surface area contributed by atoms with Gasteiger partial charge < -0.3 is 15.4 Å². The molecule has 0 spiro atoms. The van der Waals surface area contributed by atoms with Gasteiger partial charge in [0.2, 0.25) is 11.0 Å². The standard InChI is InChI=1S/C16H13BrN4OS/c1-9-5-7-10(8-6-9)18-16(23)21-20-14-11-3-2-4-12(17)13(11)19-15(14)22/h2-8,19,22H,1H3,(H,18,23). The van der Waals surface area contributed by atoms with E-state index in [0.717, 1.165) is 26.6 Å². The number of aromatic amines is 1. The van der Waals surface area contributed by atoms with Gasteiger partial charge in [-0.2, -0.15) is 0 Å². The number of halogens is 1. The Hall–Kier alpha value is -2.25. The number of azo groups is 1. The molecule has 0 atom stereocenters. The Labute approximate surface area is 146 Å². The van der Waals surface area contributed by atoms with Crippen molar-refractivity contribution in [2.45, 2.75) is 6.92 Å². The Balaban J connectivity index is 1.82. The molecule has 2 aromatic carbocycles. The number of nitrogens with one attached hydrogen (secondary N) is 2. The minimum atomic E-state index is -0.0474. The van der Waals surface area contributed by atoms with Crippen LogP contribution < -0.4 is 5.32 Å². The van der Waals surface area contributed by atoms with Crippen LogP contribution in [0.1, 0.15) is 5.56 Å². The topological polar surface area (TPSA) is 72.8 Å². The van der Waals surface area contributed by atoms with Crippen LogP contribution in [0, 0.1) is 6.92 Å². The summed E-state index contributed by atoms with van der Waals surface area (Å²) in [5.41, 5.74) is 3.12. The second-order valence-corrected chi connectivity index (χ2v) is 6.22. The number of anilines is 1. The first-order chi connectivity index (χ1) is 11.0. The van der Waals surface area contributed by atoms with Crippen molar-refractivity contribution in [3.63, 3.8) is 0 Å². The van der Waals surface area contributed by atoms with Crippen molar-refractivity contribution in [3.8, 4) is 5.88 Å². The summed E-state index contributed by atoms with van der Waals surface area (Å²) in [6, 6.07) is 13.4. The van der Waals surface area contributed by atoms with Gasteiger partial charge in [-0.25, -0.2) is 0 Å². The number of rotatable bonds is 2. The van der Waals surface area contributed by atoms with E-state index >= 15 is 0 Å². The molecule has 1 heterocycles. The zero-order valence-corrected chi connectivity index (χ0v) is 14.6.